The van der Waals surface area contributed by atoms with Crippen molar-refractivity contribution in [2.75, 3.05) is 48.1 Å². The average Bonchev–Trinajstić information content (AvgIpc) is 1.51. The van der Waals surface area contributed by atoms with Crippen molar-refractivity contribution in [1.29, 1.82) is 0 Å². The quantitative estimate of drug-likeness (QED) is 0.0526. The van der Waals surface area contributed by atoms with Crippen LogP contribution >= 0.6 is 0 Å². The number of carboxylic acids is 1. The minimum Gasteiger partial charge on any atom is -0.508 e. The van der Waals surface area contributed by atoms with Gasteiger partial charge in [-0.15, -0.1) is 0 Å². The van der Waals surface area contributed by atoms with Crippen LogP contribution in [0.15, 0.2) is 235 Å². The number of phenols is 4. The van der Waals surface area contributed by atoms with Gasteiger partial charge in [-0.25, -0.2) is 18.4 Å². The number of nitrogens with two attached hydrogens (primary N) is 4. The van der Waals surface area contributed by atoms with E-state index in [9.17, 15) is 13.2 Å². The van der Waals surface area contributed by atoms with Gasteiger partial charge in [0.15, 0.2) is 11.5 Å². The average molecular weight is 1340 g/mol. The van der Waals surface area contributed by atoms with Crippen LogP contribution in [0.2, 0.25) is 0 Å². The van der Waals surface area contributed by atoms with Gasteiger partial charge in [-0.2, -0.15) is 0 Å². The number of aromatic carboxylic acids is 1. The second kappa shape index (κ2) is 44.4. The third kappa shape index (κ3) is 37.5. The molecule has 97 heavy (non-hydrogen) atoms. The highest BCUT2D eigenvalue weighted by Gasteiger charge is 2.16. The van der Waals surface area contributed by atoms with Crippen LogP contribution in [-0.2, 0) is 10.0 Å². The maximum atomic E-state index is 10.7. The highest BCUT2D eigenvalue weighted by atomic mass is 32.2. The molecule has 0 unspecified atom stereocenters. The van der Waals surface area contributed by atoms with Gasteiger partial charge in [0.05, 0.1) is 21.8 Å². The van der Waals surface area contributed by atoms with Gasteiger partial charge in [-0.1, -0.05) is 181 Å². The SMILES string of the molecule is CNc1cccc(C)c1.Cc1ccc(C(=O)O)cc1.Cc1ccc(C2CCCC2)cc1.Cc1ccc(N(C)CC(C)C)cc1.Cc1ccc(N)c(N)c1.Cc1ccc(N)cc1.Cc1ccc(O)c(O)c1.Cc1ccc(O)cc1.Cc1ccc(S(N)(=O)=O)cc1.Cc1cccc(O)c1. The van der Waals surface area contributed by atoms with Gasteiger partial charge < -0.3 is 53.0 Å². The van der Waals surface area contributed by atoms with E-state index in [1.807, 2.05) is 134 Å². The Hall–Kier alpha value is -10.2. The number of carboxylic acid groups (broad SMARTS) is 1. The molecule has 1 fully saturated rings. The molecule has 0 saturated heterocycles. The fourth-order valence-corrected chi connectivity index (χ4v) is 9.36. The number of hydrogen-bond acceptors (Lipinski definition) is 12. The van der Waals surface area contributed by atoms with E-state index in [1.54, 1.807) is 72.3 Å². The fraction of sp³-hybridized carbons (Fsp3) is 0.256. The largest absolute Gasteiger partial charge is 0.508 e. The first-order chi connectivity index (χ1) is 45.7. The molecule has 0 aliphatic heterocycles. The van der Waals surface area contributed by atoms with Gasteiger partial charge in [-0.05, 0) is 231 Å². The first-order valence-corrected chi connectivity index (χ1v) is 33.7. The summed E-state index contributed by atoms with van der Waals surface area (Å²) in [5.41, 5.74) is 34.6. The zero-order valence-electron chi connectivity index (χ0n) is 59.3. The second-order valence-electron chi connectivity index (χ2n) is 24.4. The summed E-state index contributed by atoms with van der Waals surface area (Å²) < 4.78 is 21.4. The maximum Gasteiger partial charge on any atom is 0.335 e. The van der Waals surface area contributed by atoms with Crippen LogP contribution in [-0.4, -0.2) is 60.6 Å². The minimum absolute atomic E-state index is 0.0602. The number of aryl methyl sites for hydroxylation is 10. The Bertz CT molecular complexity index is 3780. The molecular weight excluding hydrogens is 1230 g/mol. The molecule has 10 aromatic carbocycles. The van der Waals surface area contributed by atoms with E-state index < -0.39 is 16.0 Å². The molecule has 14 N–H and O–H groups in total. The van der Waals surface area contributed by atoms with E-state index in [-0.39, 0.29) is 16.4 Å². The van der Waals surface area contributed by atoms with E-state index >= 15 is 0 Å². The number of rotatable bonds is 7. The first-order valence-electron chi connectivity index (χ1n) is 32.2. The van der Waals surface area contributed by atoms with Gasteiger partial charge in [0, 0.05) is 37.7 Å². The number of nitrogen functional groups attached to an aromatic ring is 3. The summed E-state index contributed by atoms with van der Waals surface area (Å²) in [6, 6.07) is 71.5. The molecule has 0 radical (unpaired) electrons. The summed E-state index contributed by atoms with van der Waals surface area (Å²) in [7, 11) is 0.549. The van der Waals surface area contributed by atoms with Crippen molar-refractivity contribution >= 4 is 44.4 Å². The van der Waals surface area contributed by atoms with Crippen molar-refractivity contribution in [3.05, 3.63) is 297 Å². The van der Waals surface area contributed by atoms with Crippen LogP contribution in [0, 0.1) is 75.2 Å². The predicted octanol–water partition coefficient (Wildman–Crippen LogP) is 18.7. The Balaban J connectivity index is 0.000000368. The summed E-state index contributed by atoms with van der Waals surface area (Å²) in [5.74, 6) is 1.24. The minimum atomic E-state index is -3.52. The molecule has 0 spiro atoms. The van der Waals surface area contributed by atoms with Gasteiger partial charge >= 0.3 is 5.97 Å². The number of carbonyl (C=O) groups is 1. The third-order valence-corrected chi connectivity index (χ3v) is 15.4. The van der Waals surface area contributed by atoms with Crippen LogP contribution < -0.4 is 32.6 Å². The van der Waals surface area contributed by atoms with Gasteiger partial charge in [0.25, 0.3) is 0 Å². The molecule has 14 nitrogen and oxygen atoms in total. The van der Waals surface area contributed by atoms with E-state index in [2.05, 4.69) is 113 Å². The van der Waals surface area contributed by atoms with Crippen molar-refractivity contribution < 1.29 is 38.7 Å². The molecule has 11 rings (SSSR count). The number of benzene rings is 10. The standard InChI is InChI=1S/C12H19N.C12H16.C8H11N.C8H8O2.C7H10N2.C7H9NO2S.C7H9N.C7H8O2.2C7H8O/c1-10(2)9-13(4)12-7-5-11(3)6-8-12;1-10-6-8-12(9-7-10)11-4-2-3-5-11;1-7-4-3-5-8(6-7)9-2;1-6-2-4-7(5-3-6)8(9)10;1-5-2-3-6(8)7(9)4-5;1-6-2-4-7(5-3-6)11(8,9)10;1-6-2-4-7(8)5-3-6;1-5-2-3-6(8)7(9)4-5;1-6-2-4-7(8)5-3-6;1-6-3-2-4-7(8)5-6/h5-8,10H,9H2,1-4H3;6-9,11H,2-5H2,1H3;3-6,9H,1-2H3;2-5H,1H3,(H,9,10);2-4H,8-9H2,1H3;2-5H,1H3,(H2,8,9,10);2-5H,8H2,1H3;2-4,8-9H,1H3;2*2-5,8H,1H3. The zero-order valence-corrected chi connectivity index (χ0v) is 60.1. The van der Waals surface area contributed by atoms with Crippen molar-refractivity contribution in [3.63, 3.8) is 0 Å². The van der Waals surface area contributed by atoms with Crippen LogP contribution in [0.5, 0.6) is 23.0 Å². The molecular formula is C82H106N6O8S. The molecule has 1 aliphatic carbocycles. The van der Waals surface area contributed by atoms with E-state index in [4.69, 9.17) is 47.9 Å². The van der Waals surface area contributed by atoms with Crippen LogP contribution in [0.1, 0.15) is 117 Å². The lowest BCUT2D eigenvalue weighted by Crippen LogP contribution is -2.22. The molecule has 1 aliphatic rings. The number of nitrogens with one attached hydrogen (secondary N) is 1. The van der Waals surface area contributed by atoms with Gasteiger partial charge in [0.1, 0.15) is 11.5 Å². The summed E-state index contributed by atoms with van der Waals surface area (Å²) in [6.45, 7) is 25.6. The van der Waals surface area contributed by atoms with Gasteiger partial charge in [-0.3, -0.25) is 0 Å². The van der Waals surface area contributed by atoms with Crippen molar-refractivity contribution in [3.8, 4) is 23.0 Å². The molecule has 0 atom stereocenters. The Morgan fingerprint density at radius 2 is 0.887 bits per heavy atom. The highest BCUT2D eigenvalue weighted by Crippen LogP contribution is 2.34. The lowest BCUT2D eigenvalue weighted by Gasteiger charge is -2.21. The fourth-order valence-electron chi connectivity index (χ4n) is 8.84. The number of anilines is 5. The van der Waals surface area contributed by atoms with Crippen molar-refractivity contribution in [2.45, 2.75) is 120 Å². The van der Waals surface area contributed by atoms with Crippen LogP contribution in [0.3, 0.4) is 0 Å². The normalized spacial score (nSPS) is 10.8. The van der Waals surface area contributed by atoms with E-state index in [0.29, 0.717) is 34.4 Å². The molecule has 1 saturated carbocycles. The van der Waals surface area contributed by atoms with Crippen LogP contribution in [0.25, 0.3) is 0 Å². The topological polar surface area (TPSA) is 272 Å². The van der Waals surface area contributed by atoms with E-state index in [0.717, 1.165) is 46.0 Å². The Kier molecular flexibility index (Phi) is 38.0. The molecule has 518 valence electrons. The molecule has 15 heteroatoms. The number of primary sulfonamides is 1. The highest BCUT2D eigenvalue weighted by molar-refractivity contribution is 7.89. The number of aromatic hydroxyl groups is 4. The van der Waals surface area contributed by atoms with Crippen molar-refractivity contribution in [2.24, 2.45) is 11.1 Å². The smallest absolute Gasteiger partial charge is 0.335 e. The number of nitrogens with zero attached hydrogens (tertiary/aromatic N) is 1. The summed E-state index contributed by atoms with van der Waals surface area (Å²) in [6.07, 6.45) is 5.67. The van der Waals surface area contributed by atoms with Gasteiger partial charge in [0.2, 0.25) is 10.0 Å². The van der Waals surface area contributed by atoms with Crippen molar-refractivity contribution in [1.82, 2.24) is 0 Å². The molecule has 10 aromatic rings. The Morgan fingerprint density at radius 1 is 0.474 bits per heavy atom. The van der Waals surface area contributed by atoms with Crippen LogP contribution in [0.4, 0.5) is 28.4 Å². The monoisotopic (exact) mass is 1330 g/mol. The molecule has 0 bridgehead atoms. The summed E-state index contributed by atoms with van der Waals surface area (Å²) in [5, 5.41) is 51.6. The molecule has 0 heterocycles. The first kappa shape index (κ1) is 82.9. The number of hydrogen-bond donors (Lipinski definition) is 10. The Morgan fingerprint density at radius 3 is 1.26 bits per heavy atom. The molecule has 0 aromatic heterocycles. The predicted molar refractivity (Wildman–Crippen MR) is 409 cm³/mol. The number of phenolic OH excluding ortho intramolecular Hbond substituents is 4. The Labute approximate surface area is 579 Å². The second-order valence-corrected chi connectivity index (χ2v) is 25.9. The zero-order chi connectivity index (χ0) is 72.6. The number of sulfonamides is 1. The lowest BCUT2D eigenvalue weighted by atomic mass is 9.97. The maximum absolute atomic E-state index is 10.7. The van der Waals surface area contributed by atoms with E-state index in [1.165, 1.54) is 89.1 Å². The summed E-state index contributed by atoms with van der Waals surface area (Å²) in [4.78, 5) is 12.8. The lowest BCUT2D eigenvalue weighted by molar-refractivity contribution is 0.0696. The molecule has 0 amide bonds. The third-order valence-electron chi connectivity index (χ3n) is 14.5. The summed E-state index contributed by atoms with van der Waals surface area (Å²) >= 11 is 0.